The summed E-state index contributed by atoms with van der Waals surface area (Å²) in [6, 6.07) is 6.36. The van der Waals surface area contributed by atoms with Crippen molar-refractivity contribution in [3.8, 4) is 0 Å². The van der Waals surface area contributed by atoms with Gasteiger partial charge in [-0.1, -0.05) is 26.0 Å². The van der Waals surface area contributed by atoms with Crippen molar-refractivity contribution in [3.05, 3.63) is 36.4 Å². The Bertz CT molecular complexity index is 662. The third-order valence-corrected chi connectivity index (χ3v) is 6.11. The van der Waals surface area contributed by atoms with E-state index in [2.05, 4.69) is 17.5 Å². The van der Waals surface area contributed by atoms with Gasteiger partial charge in [0.05, 0.1) is 4.90 Å². The summed E-state index contributed by atoms with van der Waals surface area (Å²) in [4.78, 5) is 12.2. The molecule has 1 unspecified atom stereocenters. The number of hydrogen-bond acceptors (Lipinski definition) is 3. The molecule has 0 saturated heterocycles. The van der Waals surface area contributed by atoms with Gasteiger partial charge in [-0.2, -0.15) is 4.31 Å². The molecule has 1 amide bonds. The van der Waals surface area contributed by atoms with E-state index in [9.17, 15) is 13.2 Å². The molecule has 5 nitrogen and oxygen atoms in total. The molecule has 0 bridgehead atoms. The summed E-state index contributed by atoms with van der Waals surface area (Å²) in [5.74, 6) is 0.276. The maximum absolute atomic E-state index is 12.4. The summed E-state index contributed by atoms with van der Waals surface area (Å²) in [6.45, 7) is 4.50. The smallest absolute Gasteiger partial charge is 0.243 e. The van der Waals surface area contributed by atoms with Crippen LogP contribution in [-0.2, 0) is 14.8 Å². The van der Waals surface area contributed by atoms with Gasteiger partial charge in [0.1, 0.15) is 0 Å². The molecule has 1 aliphatic rings. The van der Waals surface area contributed by atoms with Gasteiger partial charge in [0, 0.05) is 25.2 Å². The van der Waals surface area contributed by atoms with E-state index in [1.807, 2.05) is 13.8 Å². The molecular formula is C17H24N2O3S. The van der Waals surface area contributed by atoms with Gasteiger partial charge in [-0.25, -0.2) is 8.42 Å². The highest BCUT2D eigenvalue weighted by Crippen LogP contribution is 2.22. The van der Waals surface area contributed by atoms with E-state index < -0.39 is 10.0 Å². The van der Waals surface area contributed by atoms with Crippen molar-refractivity contribution in [1.29, 1.82) is 0 Å². The van der Waals surface area contributed by atoms with E-state index >= 15 is 0 Å². The van der Waals surface area contributed by atoms with Gasteiger partial charge in [0.2, 0.25) is 15.9 Å². The molecule has 1 aromatic carbocycles. The number of sulfonamides is 1. The second-order valence-electron chi connectivity index (χ2n) is 5.63. The van der Waals surface area contributed by atoms with Crippen LogP contribution in [0.25, 0.3) is 0 Å². The normalized spacial score (nSPS) is 17.6. The molecule has 1 aromatic rings. The number of carbonyl (C=O) groups is 1. The lowest BCUT2D eigenvalue weighted by molar-refractivity contribution is -0.116. The standard InChI is InChI=1S/C17H24N2O3S/c1-3-19(4-2)23(21,22)16-11-9-15(10-12-16)18-17(20)13-14-7-5-6-8-14/h5,7,9-12,14H,3-4,6,8,13H2,1-2H3,(H,18,20). The van der Waals surface area contributed by atoms with Gasteiger partial charge in [0.15, 0.2) is 0 Å². The molecule has 0 spiro atoms. The van der Waals surface area contributed by atoms with E-state index in [-0.39, 0.29) is 10.8 Å². The number of rotatable bonds is 7. The van der Waals surface area contributed by atoms with E-state index in [4.69, 9.17) is 0 Å². The number of anilines is 1. The highest BCUT2D eigenvalue weighted by molar-refractivity contribution is 7.89. The first-order valence-corrected chi connectivity index (χ1v) is 9.48. The predicted molar refractivity (Wildman–Crippen MR) is 91.7 cm³/mol. The van der Waals surface area contributed by atoms with Crippen molar-refractivity contribution in [2.75, 3.05) is 18.4 Å². The van der Waals surface area contributed by atoms with Crippen molar-refractivity contribution in [2.24, 2.45) is 5.92 Å². The first-order valence-electron chi connectivity index (χ1n) is 8.04. The lowest BCUT2D eigenvalue weighted by Gasteiger charge is -2.18. The third-order valence-electron chi connectivity index (χ3n) is 4.04. The van der Waals surface area contributed by atoms with Gasteiger partial charge in [0.25, 0.3) is 0 Å². The molecule has 0 saturated carbocycles. The van der Waals surface area contributed by atoms with E-state index in [1.165, 1.54) is 4.31 Å². The van der Waals surface area contributed by atoms with Gasteiger partial charge in [-0.05, 0) is 43.0 Å². The number of nitrogens with one attached hydrogen (secondary N) is 1. The van der Waals surface area contributed by atoms with Crippen LogP contribution >= 0.6 is 0 Å². The van der Waals surface area contributed by atoms with E-state index in [0.29, 0.717) is 31.1 Å². The van der Waals surface area contributed by atoms with Crippen molar-refractivity contribution < 1.29 is 13.2 Å². The number of amides is 1. The largest absolute Gasteiger partial charge is 0.326 e. The van der Waals surface area contributed by atoms with Crippen molar-refractivity contribution in [2.45, 2.75) is 38.0 Å². The van der Waals surface area contributed by atoms with Gasteiger partial charge in [-0.15, -0.1) is 0 Å². The average Bonchev–Trinajstić information content (AvgIpc) is 3.01. The fraction of sp³-hybridized carbons (Fsp3) is 0.471. The molecule has 0 radical (unpaired) electrons. The average molecular weight is 336 g/mol. The molecule has 0 heterocycles. The first kappa shape index (κ1) is 17.7. The number of allylic oxidation sites excluding steroid dienone is 2. The molecule has 23 heavy (non-hydrogen) atoms. The number of carbonyl (C=O) groups excluding carboxylic acids is 1. The van der Waals surface area contributed by atoms with Crippen LogP contribution in [0, 0.1) is 5.92 Å². The molecule has 1 aliphatic carbocycles. The van der Waals surface area contributed by atoms with E-state index in [1.54, 1.807) is 24.3 Å². The molecule has 0 fully saturated rings. The number of nitrogens with zero attached hydrogens (tertiary/aromatic N) is 1. The molecule has 0 aliphatic heterocycles. The first-order chi connectivity index (χ1) is 11.0. The second kappa shape index (κ2) is 7.75. The lowest BCUT2D eigenvalue weighted by atomic mass is 10.1. The predicted octanol–water partition coefficient (Wildman–Crippen LogP) is 3.01. The number of hydrogen-bond donors (Lipinski definition) is 1. The summed E-state index contributed by atoms with van der Waals surface area (Å²) in [5, 5.41) is 2.82. The Kier molecular flexibility index (Phi) is 5.96. The van der Waals surface area contributed by atoms with Crippen LogP contribution in [0.2, 0.25) is 0 Å². The summed E-state index contributed by atoms with van der Waals surface area (Å²) >= 11 is 0. The van der Waals surface area contributed by atoms with Crippen LogP contribution in [0.15, 0.2) is 41.3 Å². The molecule has 1 N–H and O–H groups in total. The zero-order valence-electron chi connectivity index (χ0n) is 13.7. The molecule has 0 aromatic heterocycles. The fourth-order valence-corrected chi connectivity index (χ4v) is 4.20. The molecule has 6 heteroatoms. The monoisotopic (exact) mass is 336 g/mol. The second-order valence-corrected chi connectivity index (χ2v) is 7.57. The third kappa shape index (κ3) is 4.42. The zero-order chi connectivity index (χ0) is 16.9. The maximum Gasteiger partial charge on any atom is 0.243 e. The zero-order valence-corrected chi connectivity index (χ0v) is 14.5. The Hall–Kier alpha value is -1.66. The van der Waals surface area contributed by atoms with E-state index in [0.717, 1.165) is 12.8 Å². The molecule has 1 atom stereocenters. The summed E-state index contributed by atoms with van der Waals surface area (Å²) in [6.07, 6.45) is 6.71. The van der Waals surface area contributed by atoms with Gasteiger partial charge < -0.3 is 5.32 Å². The molecule has 2 rings (SSSR count). The minimum Gasteiger partial charge on any atom is -0.326 e. The van der Waals surface area contributed by atoms with Crippen molar-refractivity contribution in [3.63, 3.8) is 0 Å². The lowest BCUT2D eigenvalue weighted by Crippen LogP contribution is -2.30. The van der Waals surface area contributed by atoms with Gasteiger partial charge >= 0.3 is 0 Å². The van der Waals surface area contributed by atoms with Gasteiger partial charge in [-0.3, -0.25) is 4.79 Å². The Morgan fingerprint density at radius 1 is 1.22 bits per heavy atom. The van der Waals surface area contributed by atoms with Crippen LogP contribution < -0.4 is 5.32 Å². The minimum absolute atomic E-state index is 0.0408. The maximum atomic E-state index is 12.4. The quantitative estimate of drug-likeness (QED) is 0.778. The minimum atomic E-state index is -3.45. The van der Waals surface area contributed by atoms with Crippen LogP contribution in [0.3, 0.4) is 0 Å². The summed E-state index contributed by atoms with van der Waals surface area (Å²) in [5.41, 5.74) is 0.621. The Morgan fingerprint density at radius 2 is 1.87 bits per heavy atom. The highest BCUT2D eigenvalue weighted by atomic mass is 32.2. The molecule has 126 valence electrons. The Balaban J connectivity index is 2.01. The van der Waals surface area contributed by atoms with Crippen LogP contribution in [0.5, 0.6) is 0 Å². The Labute approximate surface area is 138 Å². The number of benzene rings is 1. The SMILES string of the molecule is CCN(CC)S(=O)(=O)c1ccc(NC(=O)CC2C=CCC2)cc1. The van der Waals surface area contributed by atoms with Crippen molar-refractivity contribution >= 4 is 21.6 Å². The topological polar surface area (TPSA) is 66.5 Å². The summed E-state index contributed by atoms with van der Waals surface area (Å²) in [7, 11) is -3.45. The fourth-order valence-electron chi connectivity index (χ4n) is 2.74. The summed E-state index contributed by atoms with van der Waals surface area (Å²) < 4.78 is 26.2. The highest BCUT2D eigenvalue weighted by Gasteiger charge is 2.21. The van der Waals surface area contributed by atoms with Crippen molar-refractivity contribution in [1.82, 2.24) is 4.31 Å². The molecular weight excluding hydrogens is 312 g/mol. The van der Waals surface area contributed by atoms with Crippen LogP contribution in [0.4, 0.5) is 5.69 Å². The van der Waals surface area contributed by atoms with Crippen LogP contribution in [-0.4, -0.2) is 31.7 Å². The Morgan fingerprint density at radius 3 is 2.39 bits per heavy atom. The van der Waals surface area contributed by atoms with Crippen LogP contribution in [0.1, 0.15) is 33.1 Å².